The van der Waals surface area contributed by atoms with E-state index in [4.69, 9.17) is 44.6 Å². The van der Waals surface area contributed by atoms with E-state index in [0.717, 1.165) is 0 Å². The molecular formula is C17H15Cl3N2O5S. The van der Waals surface area contributed by atoms with E-state index in [2.05, 4.69) is 5.16 Å². The minimum atomic E-state index is -3.67. The molecule has 0 fully saturated rings. The molecule has 0 saturated heterocycles. The highest BCUT2D eigenvalue weighted by Gasteiger charge is 2.28. The summed E-state index contributed by atoms with van der Waals surface area (Å²) < 4.78 is 25.9. The first-order valence-electron chi connectivity index (χ1n) is 7.71. The van der Waals surface area contributed by atoms with Crippen LogP contribution >= 0.6 is 34.8 Å². The molecule has 1 amide bonds. The van der Waals surface area contributed by atoms with Crippen LogP contribution in [0.25, 0.3) is 0 Å². The van der Waals surface area contributed by atoms with Gasteiger partial charge in [0.05, 0.1) is 28.2 Å². The molecule has 0 saturated carbocycles. The fourth-order valence-electron chi connectivity index (χ4n) is 2.57. The summed E-state index contributed by atoms with van der Waals surface area (Å²) in [6.45, 7) is 0.381. The highest BCUT2D eigenvalue weighted by molar-refractivity contribution is 7.85. The molecule has 0 spiro atoms. The van der Waals surface area contributed by atoms with Crippen LogP contribution in [-0.4, -0.2) is 42.6 Å². The minimum Gasteiger partial charge on any atom is -0.411 e. The van der Waals surface area contributed by atoms with Crippen molar-refractivity contribution in [2.24, 2.45) is 5.16 Å². The van der Waals surface area contributed by atoms with Gasteiger partial charge in [0, 0.05) is 28.6 Å². The molecule has 0 radical (unpaired) electrons. The Morgan fingerprint density at radius 2 is 1.68 bits per heavy atom. The van der Waals surface area contributed by atoms with Crippen molar-refractivity contribution in [3.05, 3.63) is 62.6 Å². The molecule has 7 nitrogen and oxygen atoms in total. The first kappa shape index (κ1) is 22.4. The van der Waals surface area contributed by atoms with E-state index in [-0.39, 0.29) is 5.91 Å². The Balaban J connectivity index is 0.000000500. The molecule has 1 aliphatic heterocycles. The van der Waals surface area contributed by atoms with Crippen molar-refractivity contribution < 1.29 is 23.0 Å². The highest BCUT2D eigenvalue weighted by Crippen LogP contribution is 2.32. The Morgan fingerprint density at radius 1 is 1.11 bits per heavy atom. The summed E-state index contributed by atoms with van der Waals surface area (Å²) >= 11 is 18.0. The average Bonchev–Trinajstić information content (AvgIpc) is 2.58. The van der Waals surface area contributed by atoms with Crippen molar-refractivity contribution in [3.8, 4) is 0 Å². The van der Waals surface area contributed by atoms with Crippen molar-refractivity contribution in [2.75, 3.05) is 17.7 Å². The summed E-state index contributed by atoms with van der Waals surface area (Å²) in [6, 6.07) is 9.83. The monoisotopic (exact) mass is 464 g/mol. The number of nitrogens with zero attached hydrogens (tertiary/aromatic N) is 2. The third kappa shape index (κ3) is 5.83. The van der Waals surface area contributed by atoms with Crippen molar-refractivity contribution in [1.82, 2.24) is 0 Å². The molecular weight excluding hydrogens is 451 g/mol. The van der Waals surface area contributed by atoms with E-state index in [0.29, 0.717) is 56.8 Å². The molecule has 150 valence electrons. The zero-order chi connectivity index (χ0) is 21.1. The van der Waals surface area contributed by atoms with Gasteiger partial charge < -0.3 is 10.1 Å². The van der Waals surface area contributed by atoms with E-state index in [1.807, 2.05) is 0 Å². The van der Waals surface area contributed by atoms with Gasteiger partial charge in [-0.2, -0.15) is 8.42 Å². The average molecular weight is 466 g/mol. The van der Waals surface area contributed by atoms with Crippen molar-refractivity contribution in [2.45, 2.75) is 6.42 Å². The van der Waals surface area contributed by atoms with Crippen LogP contribution in [0, 0.1) is 0 Å². The Morgan fingerprint density at radius 3 is 2.25 bits per heavy atom. The molecule has 0 unspecified atom stereocenters. The number of benzene rings is 2. The van der Waals surface area contributed by atoms with Crippen LogP contribution in [0.4, 0.5) is 5.69 Å². The molecule has 28 heavy (non-hydrogen) atoms. The van der Waals surface area contributed by atoms with Gasteiger partial charge in [0.1, 0.15) is 0 Å². The smallest absolute Gasteiger partial charge is 0.261 e. The minimum absolute atomic E-state index is 0.243. The third-order valence-corrected chi connectivity index (χ3v) is 4.44. The molecule has 0 atom stereocenters. The van der Waals surface area contributed by atoms with Crippen LogP contribution in [0.15, 0.2) is 41.6 Å². The lowest BCUT2D eigenvalue weighted by molar-refractivity contribution is 0.0987. The van der Waals surface area contributed by atoms with E-state index in [9.17, 15) is 13.2 Å². The Labute approximate surface area is 176 Å². The van der Waals surface area contributed by atoms with E-state index >= 15 is 0 Å². The molecule has 3 rings (SSSR count). The fourth-order valence-corrected chi connectivity index (χ4v) is 3.23. The number of oxime groups is 1. The second-order valence-electron chi connectivity index (χ2n) is 5.77. The maximum atomic E-state index is 12.8. The normalized spacial score (nSPS) is 14.9. The summed E-state index contributed by atoms with van der Waals surface area (Å²) in [5, 5.41) is 13.7. The Bertz CT molecular complexity index is 1030. The third-order valence-electron chi connectivity index (χ3n) is 3.66. The predicted molar refractivity (Wildman–Crippen MR) is 110 cm³/mol. The Hall–Kier alpha value is -1.84. The van der Waals surface area contributed by atoms with Gasteiger partial charge in [0.25, 0.3) is 16.0 Å². The number of halogens is 3. The van der Waals surface area contributed by atoms with Gasteiger partial charge in [-0.15, -0.1) is 0 Å². The van der Waals surface area contributed by atoms with E-state index in [1.54, 1.807) is 35.2 Å². The molecule has 11 heteroatoms. The lowest BCUT2D eigenvalue weighted by atomic mass is 9.98. The van der Waals surface area contributed by atoms with Crippen LogP contribution in [0.1, 0.15) is 22.3 Å². The van der Waals surface area contributed by atoms with Crippen LogP contribution in [0.5, 0.6) is 0 Å². The maximum absolute atomic E-state index is 12.8. The van der Waals surface area contributed by atoms with Gasteiger partial charge in [0.15, 0.2) is 0 Å². The van der Waals surface area contributed by atoms with Crippen molar-refractivity contribution >= 4 is 62.2 Å². The number of carbonyl (C=O) groups excluding carboxylic acids is 1. The number of amides is 1. The summed E-state index contributed by atoms with van der Waals surface area (Å²) in [4.78, 5) is 14.4. The molecule has 0 aliphatic carbocycles. The van der Waals surface area contributed by atoms with Gasteiger partial charge >= 0.3 is 0 Å². The molecule has 0 bridgehead atoms. The van der Waals surface area contributed by atoms with Gasteiger partial charge in [0.2, 0.25) is 0 Å². The predicted octanol–water partition coefficient (Wildman–Crippen LogP) is 4.38. The highest BCUT2D eigenvalue weighted by atomic mass is 35.5. The molecule has 1 aliphatic rings. The number of rotatable bonds is 1. The number of hydrogen-bond donors (Lipinski definition) is 2. The first-order valence-corrected chi connectivity index (χ1v) is 10.7. The maximum Gasteiger partial charge on any atom is 0.261 e. The zero-order valence-electron chi connectivity index (χ0n) is 14.4. The van der Waals surface area contributed by atoms with Gasteiger partial charge in [-0.05, 0) is 36.4 Å². The van der Waals surface area contributed by atoms with E-state index < -0.39 is 10.1 Å². The lowest BCUT2D eigenvalue weighted by Crippen LogP contribution is -2.37. The van der Waals surface area contributed by atoms with Gasteiger partial charge in [-0.3, -0.25) is 9.35 Å². The molecule has 2 aromatic carbocycles. The summed E-state index contributed by atoms with van der Waals surface area (Å²) in [5.41, 5.74) is 2.12. The number of anilines is 1. The molecule has 0 aromatic heterocycles. The zero-order valence-corrected chi connectivity index (χ0v) is 17.5. The number of fused-ring (bicyclic) bond motifs is 1. The van der Waals surface area contributed by atoms with Crippen LogP contribution < -0.4 is 4.90 Å². The first-order chi connectivity index (χ1) is 13.0. The topological polar surface area (TPSA) is 107 Å². The van der Waals surface area contributed by atoms with Crippen LogP contribution in [-0.2, 0) is 10.1 Å². The van der Waals surface area contributed by atoms with Crippen molar-refractivity contribution in [3.63, 3.8) is 0 Å². The second-order valence-corrected chi connectivity index (χ2v) is 8.52. The lowest BCUT2D eigenvalue weighted by Gasteiger charge is -2.30. The van der Waals surface area contributed by atoms with Gasteiger partial charge in [-0.1, -0.05) is 40.0 Å². The molecule has 2 N–H and O–H groups in total. The number of hydrogen-bond acceptors (Lipinski definition) is 5. The standard InChI is InChI=1S/C16H11Cl3N2O2.CH4O3S/c17-9-2-4-15-12(7-9)14(20-23)5-6-21(15)16(22)11-3-1-10(18)8-13(11)19;1-5(2,3)4/h1-4,7-8,23H,5-6H2;1H3,(H,2,3,4). The largest absolute Gasteiger partial charge is 0.411 e. The summed E-state index contributed by atoms with van der Waals surface area (Å²) in [7, 11) is -3.67. The van der Waals surface area contributed by atoms with Crippen molar-refractivity contribution in [1.29, 1.82) is 0 Å². The second kappa shape index (κ2) is 9.11. The number of carbonyl (C=O) groups is 1. The van der Waals surface area contributed by atoms with Crippen LogP contribution in [0.2, 0.25) is 15.1 Å². The fraction of sp³-hybridized carbons (Fsp3) is 0.176. The van der Waals surface area contributed by atoms with E-state index in [1.165, 1.54) is 6.07 Å². The quantitative estimate of drug-likeness (QED) is 0.369. The van der Waals surface area contributed by atoms with Gasteiger partial charge in [-0.25, -0.2) is 0 Å². The SMILES string of the molecule is CS(=O)(=O)O.O=C(c1ccc(Cl)cc1Cl)N1CCC(=NO)c2cc(Cl)ccc21. The molecule has 1 heterocycles. The Kier molecular flexibility index (Phi) is 7.30. The van der Waals surface area contributed by atoms with Crippen LogP contribution in [0.3, 0.4) is 0 Å². The summed E-state index contributed by atoms with van der Waals surface area (Å²) in [6.07, 6.45) is 1.13. The molecule has 2 aromatic rings. The summed E-state index contributed by atoms with van der Waals surface area (Å²) in [5.74, 6) is -0.243.